The second-order valence-electron chi connectivity index (χ2n) is 4.29. The fourth-order valence-corrected chi connectivity index (χ4v) is 2.19. The quantitative estimate of drug-likeness (QED) is 0.739. The van der Waals surface area contributed by atoms with Gasteiger partial charge in [0, 0.05) is 6.04 Å². The van der Waals surface area contributed by atoms with E-state index >= 15 is 0 Å². The van der Waals surface area contributed by atoms with Crippen LogP contribution in [0.5, 0.6) is 0 Å². The number of nitrogens with two attached hydrogens (primary N) is 1. The molecule has 1 fully saturated rings. The Morgan fingerprint density at radius 1 is 1.50 bits per heavy atom. The topological polar surface area (TPSA) is 53.0 Å². The summed E-state index contributed by atoms with van der Waals surface area (Å²) < 4.78 is 0. The highest BCUT2D eigenvalue weighted by atomic mass is 15.2. The molecule has 1 aliphatic heterocycles. The number of hydrogen-bond acceptors (Lipinski definition) is 3. The van der Waals surface area contributed by atoms with Gasteiger partial charge in [-0.05, 0) is 45.2 Å². The lowest BCUT2D eigenvalue weighted by atomic mass is 9.90. The van der Waals surface area contributed by atoms with E-state index in [9.17, 15) is 0 Å². The molecule has 0 aromatic rings. The first-order chi connectivity index (χ1) is 6.69. The smallest absolute Gasteiger partial charge is 0.0975 e. The first kappa shape index (κ1) is 11.5. The monoisotopic (exact) mass is 195 g/mol. The zero-order valence-electron chi connectivity index (χ0n) is 9.24. The van der Waals surface area contributed by atoms with Gasteiger partial charge in [0.2, 0.25) is 0 Å². The Morgan fingerprint density at radius 3 is 2.43 bits per heavy atom. The van der Waals surface area contributed by atoms with Gasteiger partial charge in [-0.2, -0.15) is 5.26 Å². The average Bonchev–Trinajstić information content (AvgIpc) is 2.20. The van der Waals surface area contributed by atoms with Crippen molar-refractivity contribution in [2.45, 2.75) is 45.2 Å². The summed E-state index contributed by atoms with van der Waals surface area (Å²) in [5, 5.41) is 8.94. The van der Waals surface area contributed by atoms with Crippen LogP contribution in [-0.2, 0) is 0 Å². The molecule has 0 bridgehead atoms. The summed E-state index contributed by atoms with van der Waals surface area (Å²) in [7, 11) is 0. The van der Waals surface area contributed by atoms with E-state index in [4.69, 9.17) is 11.0 Å². The minimum Gasteiger partial charge on any atom is -0.328 e. The van der Waals surface area contributed by atoms with Crippen molar-refractivity contribution < 1.29 is 0 Å². The summed E-state index contributed by atoms with van der Waals surface area (Å²) in [4.78, 5) is 2.29. The molecule has 2 unspecified atom stereocenters. The Morgan fingerprint density at radius 2 is 2.07 bits per heavy atom. The Balaban J connectivity index is 2.39. The summed E-state index contributed by atoms with van der Waals surface area (Å²) in [6, 6.07) is 2.78. The van der Waals surface area contributed by atoms with Crippen molar-refractivity contribution in [3.63, 3.8) is 0 Å². The largest absolute Gasteiger partial charge is 0.328 e. The summed E-state index contributed by atoms with van der Waals surface area (Å²) in [6.07, 6.45) is 3.23. The van der Waals surface area contributed by atoms with Gasteiger partial charge in [-0.3, -0.25) is 4.90 Å². The predicted molar refractivity (Wildman–Crippen MR) is 57.6 cm³/mol. The van der Waals surface area contributed by atoms with Gasteiger partial charge >= 0.3 is 0 Å². The van der Waals surface area contributed by atoms with Gasteiger partial charge in [0.05, 0.1) is 12.1 Å². The molecule has 3 heteroatoms. The maximum Gasteiger partial charge on any atom is 0.0975 e. The molecule has 1 aliphatic rings. The van der Waals surface area contributed by atoms with E-state index in [0.29, 0.717) is 12.0 Å². The first-order valence-electron chi connectivity index (χ1n) is 5.58. The van der Waals surface area contributed by atoms with Crippen molar-refractivity contribution >= 4 is 0 Å². The molecular weight excluding hydrogens is 174 g/mol. The van der Waals surface area contributed by atoms with E-state index < -0.39 is 0 Å². The molecule has 3 nitrogen and oxygen atoms in total. The molecule has 0 aliphatic carbocycles. The molecule has 1 rings (SSSR count). The van der Waals surface area contributed by atoms with Gasteiger partial charge < -0.3 is 5.73 Å². The average molecular weight is 195 g/mol. The summed E-state index contributed by atoms with van der Waals surface area (Å²) in [5.74, 6) is 0.655. The molecule has 0 aromatic heterocycles. The molecule has 0 amide bonds. The van der Waals surface area contributed by atoms with E-state index in [-0.39, 0.29) is 6.04 Å². The highest BCUT2D eigenvalue weighted by Gasteiger charge is 2.25. The molecule has 2 N–H and O–H groups in total. The second kappa shape index (κ2) is 5.33. The number of nitrogens with zero attached hydrogens (tertiary/aromatic N) is 2. The van der Waals surface area contributed by atoms with E-state index in [1.807, 2.05) is 0 Å². The number of piperidine rings is 1. The standard InChI is InChI=1S/C11H21N3/c1-3-11(8-12)14-6-4-10(5-7-14)9(2)13/h9-11H,3-7,13H2,1-2H3. The van der Waals surface area contributed by atoms with E-state index in [1.54, 1.807) is 0 Å². The SMILES string of the molecule is CCC(C#N)N1CCC(C(C)N)CC1. The van der Waals surface area contributed by atoms with Gasteiger partial charge in [0.1, 0.15) is 0 Å². The molecule has 14 heavy (non-hydrogen) atoms. The minimum absolute atomic E-state index is 0.115. The molecule has 1 heterocycles. The number of hydrogen-bond donors (Lipinski definition) is 1. The zero-order chi connectivity index (χ0) is 10.6. The van der Waals surface area contributed by atoms with Crippen LogP contribution in [0.25, 0.3) is 0 Å². The zero-order valence-corrected chi connectivity index (χ0v) is 9.24. The van der Waals surface area contributed by atoms with Crippen LogP contribution in [0, 0.1) is 17.2 Å². The third-order valence-electron chi connectivity index (χ3n) is 3.29. The third kappa shape index (κ3) is 2.70. The van der Waals surface area contributed by atoms with Crippen molar-refractivity contribution in [3.05, 3.63) is 0 Å². The fourth-order valence-electron chi connectivity index (χ4n) is 2.19. The van der Waals surface area contributed by atoms with Crippen LogP contribution in [0.4, 0.5) is 0 Å². The van der Waals surface area contributed by atoms with Crippen molar-refractivity contribution in [2.75, 3.05) is 13.1 Å². The highest BCUT2D eigenvalue weighted by Crippen LogP contribution is 2.21. The van der Waals surface area contributed by atoms with Crippen LogP contribution in [0.3, 0.4) is 0 Å². The Hall–Kier alpha value is -0.590. The van der Waals surface area contributed by atoms with Crippen molar-refractivity contribution in [3.8, 4) is 6.07 Å². The van der Waals surface area contributed by atoms with Crippen LogP contribution in [0.1, 0.15) is 33.1 Å². The lowest BCUT2D eigenvalue weighted by Gasteiger charge is -2.35. The molecular formula is C11H21N3. The van der Waals surface area contributed by atoms with Crippen molar-refractivity contribution in [1.29, 1.82) is 5.26 Å². The summed E-state index contributed by atoms with van der Waals surface area (Å²) >= 11 is 0. The molecule has 1 saturated heterocycles. The van der Waals surface area contributed by atoms with E-state index in [2.05, 4.69) is 24.8 Å². The van der Waals surface area contributed by atoms with Crippen molar-refractivity contribution in [2.24, 2.45) is 11.7 Å². The molecule has 0 saturated carbocycles. The van der Waals surface area contributed by atoms with Crippen molar-refractivity contribution in [1.82, 2.24) is 4.90 Å². The summed E-state index contributed by atoms with van der Waals surface area (Å²) in [5.41, 5.74) is 5.87. The van der Waals surface area contributed by atoms with E-state index in [0.717, 1.165) is 32.4 Å². The van der Waals surface area contributed by atoms with Gasteiger partial charge in [-0.15, -0.1) is 0 Å². The fraction of sp³-hybridized carbons (Fsp3) is 0.909. The minimum atomic E-state index is 0.115. The van der Waals surface area contributed by atoms with Gasteiger partial charge in [0.25, 0.3) is 0 Å². The lowest BCUT2D eigenvalue weighted by Crippen LogP contribution is -2.43. The molecule has 80 valence electrons. The maximum atomic E-state index is 8.94. The van der Waals surface area contributed by atoms with Crippen LogP contribution < -0.4 is 5.73 Å². The lowest BCUT2D eigenvalue weighted by molar-refractivity contribution is 0.145. The maximum absolute atomic E-state index is 8.94. The molecule has 0 spiro atoms. The highest BCUT2D eigenvalue weighted by molar-refractivity contribution is 4.93. The van der Waals surface area contributed by atoms with Crippen LogP contribution >= 0.6 is 0 Å². The normalized spacial score (nSPS) is 24.1. The second-order valence-corrected chi connectivity index (χ2v) is 4.29. The van der Waals surface area contributed by atoms with E-state index in [1.165, 1.54) is 0 Å². The van der Waals surface area contributed by atoms with Gasteiger partial charge in [-0.1, -0.05) is 6.92 Å². The summed E-state index contributed by atoms with van der Waals surface area (Å²) in [6.45, 7) is 6.24. The third-order valence-corrected chi connectivity index (χ3v) is 3.29. The van der Waals surface area contributed by atoms with Gasteiger partial charge in [0.15, 0.2) is 0 Å². The Kier molecular flexibility index (Phi) is 4.37. The Labute approximate surface area is 86.9 Å². The Bertz CT molecular complexity index is 199. The molecule has 0 radical (unpaired) electrons. The van der Waals surface area contributed by atoms with Crippen LogP contribution in [0.15, 0.2) is 0 Å². The number of likely N-dealkylation sites (tertiary alicyclic amines) is 1. The molecule has 2 atom stereocenters. The number of nitriles is 1. The number of rotatable bonds is 3. The van der Waals surface area contributed by atoms with Crippen LogP contribution in [-0.4, -0.2) is 30.1 Å². The van der Waals surface area contributed by atoms with Crippen LogP contribution in [0.2, 0.25) is 0 Å². The predicted octanol–water partition coefficient (Wildman–Crippen LogP) is 1.35. The molecule has 0 aromatic carbocycles. The van der Waals surface area contributed by atoms with Gasteiger partial charge in [-0.25, -0.2) is 0 Å². The first-order valence-corrected chi connectivity index (χ1v) is 5.58.